The zero-order valence-corrected chi connectivity index (χ0v) is 17.1. The van der Waals surface area contributed by atoms with Gasteiger partial charge in [0.25, 0.3) is 0 Å². The van der Waals surface area contributed by atoms with Crippen LogP contribution in [0.25, 0.3) is 11.4 Å². The van der Waals surface area contributed by atoms with Crippen LogP contribution in [-0.4, -0.2) is 24.9 Å². The normalized spacial score (nSPS) is 13.7. The smallest absolute Gasteiger partial charge is 0.237 e. The molecule has 1 aliphatic rings. The van der Waals surface area contributed by atoms with E-state index in [4.69, 9.17) is 16.1 Å². The lowest BCUT2D eigenvalue weighted by atomic mass is 10.2. The molecule has 0 bridgehead atoms. The average molecular weight is 424 g/mol. The lowest BCUT2D eigenvalue weighted by Crippen LogP contribution is -2.06. The molecular weight excluding hydrogens is 406 g/mol. The summed E-state index contributed by atoms with van der Waals surface area (Å²) in [6.07, 6.45) is 2.37. The fourth-order valence-electron chi connectivity index (χ4n) is 3.15. The number of nitrogens with zero attached hydrogens (tertiary/aromatic N) is 5. The molecule has 0 N–H and O–H groups in total. The number of aromatic nitrogens is 5. The Morgan fingerprint density at radius 1 is 1.07 bits per heavy atom. The van der Waals surface area contributed by atoms with Crippen LogP contribution < -0.4 is 0 Å². The molecule has 0 amide bonds. The fourth-order valence-corrected chi connectivity index (χ4v) is 4.12. The summed E-state index contributed by atoms with van der Waals surface area (Å²) in [6.45, 7) is 0.763. The molecule has 0 unspecified atom stereocenters. The third-order valence-electron chi connectivity index (χ3n) is 4.75. The molecule has 1 fully saturated rings. The maximum absolute atomic E-state index is 6.05. The first kappa shape index (κ1) is 18.4. The van der Waals surface area contributed by atoms with Gasteiger partial charge in [0.05, 0.1) is 12.3 Å². The van der Waals surface area contributed by atoms with Gasteiger partial charge in [-0.1, -0.05) is 71.0 Å². The molecule has 0 radical (unpaired) electrons. The van der Waals surface area contributed by atoms with E-state index in [1.54, 1.807) is 11.8 Å². The summed E-state index contributed by atoms with van der Waals surface area (Å²) in [7, 11) is 0. The molecule has 8 heteroatoms. The van der Waals surface area contributed by atoms with Gasteiger partial charge in [-0.2, -0.15) is 4.98 Å². The molecule has 2 heterocycles. The van der Waals surface area contributed by atoms with E-state index in [0.29, 0.717) is 28.4 Å². The van der Waals surface area contributed by atoms with Gasteiger partial charge in [0.2, 0.25) is 11.7 Å². The first-order chi connectivity index (χ1) is 14.3. The topological polar surface area (TPSA) is 69.6 Å². The average Bonchev–Trinajstić information content (AvgIpc) is 3.34. The van der Waals surface area contributed by atoms with Crippen molar-refractivity contribution in [3.05, 3.63) is 76.9 Å². The van der Waals surface area contributed by atoms with Crippen LogP contribution in [0.5, 0.6) is 0 Å². The number of halogens is 1. The van der Waals surface area contributed by atoms with Crippen LogP contribution >= 0.6 is 23.4 Å². The Labute approximate surface area is 177 Å². The van der Waals surface area contributed by atoms with Crippen LogP contribution in [0.3, 0.4) is 0 Å². The summed E-state index contributed by atoms with van der Waals surface area (Å²) in [5, 5.41) is 14.5. The third-order valence-corrected chi connectivity index (χ3v) is 5.93. The van der Waals surface area contributed by atoms with Crippen LogP contribution in [0, 0.1) is 0 Å². The zero-order chi connectivity index (χ0) is 19.6. The Kier molecular flexibility index (Phi) is 5.08. The van der Waals surface area contributed by atoms with Gasteiger partial charge in [0.15, 0.2) is 5.16 Å². The van der Waals surface area contributed by atoms with Gasteiger partial charge >= 0.3 is 0 Å². The van der Waals surface area contributed by atoms with Crippen molar-refractivity contribution >= 4 is 23.4 Å². The van der Waals surface area contributed by atoms with Gasteiger partial charge < -0.3 is 9.09 Å². The predicted molar refractivity (Wildman–Crippen MR) is 112 cm³/mol. The molecule has 0 aliphatic heterocycles. The van der Waals surface area contributed by atoms with E-state index in [2.05, 4.69) is 49.2 Å². The van der Waals surface area contributed by atoms with Crippen LogP contribution in [0.1, 0.15) is 36.0 Å². The molecule has 0 spiro atoms. The standard InChI is InChI=1S/C21H18ClN5OS/c22-17-8-4-7-16(11-17)19-23-18(28-26-19)13-29-21-25-24-20(15-9-10-15)27(21)12-14-5-2-1-3-6-14/h1-8,11,15H,9-10,12-13H2. The molecule has 146 valence electrons. The van der Waals surface area contributed by atoms with Crippen molar-refractivity contribution in [1.82, 2.24) is 24.9 Å². The minimum atomic E-state index is 0.526. The molecular formula is C21H18ClN5OS. The largest absolute Gasteiger partial charge is 0.338 e. The second-order valence-corrected chi connectivity index (χ2v) is 8.38. The van der Waals surface area contributed by atoms with Crippen molar-refractivity contribution in [3.63, 3.8) is 0 Å². The second kappa shape index (κ2) is 8.00. The summed E-state index contributed by atoms with van der Waals surface area (Å²) in [5.41, 5.74) is 2.07. The number of thioether (sulfide) groups is 1. The maximum atomic E-state index is 6.05. The predicted octanol–water partition coefficient (Wildman–Crippen LogP) is 5.20. The first-order valence-corrected chi connectivity index (χ1v) is 10.8. The van der Waals surface area contributed by atoms with Crippen molar-refractivity contribution in [2.24, 2.45) is 0 Å². The van der Waals surface area contributed by atoms with E-state index in [-0.39, 0.29) is 0 Å². The Morgan fingerprint density at radius 3 is 2.72 bits per heavy atom. The van der Waals surface area contributed by atoms with E-state index >= 15 is 0 Å². The highest BCUT2D eigenvalue weighted by Gasteiger charge is 2.30. The van der Waals surface area contributed by atoms with Crippen LogP contribution in [0.4, 0.5) is 0 Å². The fraction of sp³-hybridized carbons (Fsp3) is 0.238. The van der Waals surface area contributed by atoms with Gasteiger partial charge in [0, 0.05) is 16.5 Å². The van der Waals surface area contributed by atoms with Crippen molar-refractivity contribution < 1.29 is 4.52 Å². The van der Waals surface area contributed by atoms with Crippen molar-refractivity contribution in [2.75, 3.05) is 0 Å². The molecule has 5 rings (SSSR count). The molecule has 1 saturated carbocycles. The second-order valence-electron chi connectivity index (χ2n) is 7.00. The number of hydrogen-bond donors (Lipinski definition) is 0. The summed E-state index contributed by atoms with van der Waals surface area (Å²) >= 11 is 7.62. The molecule has 29 heavy (non-hydrogen) atoms. The molecule has 2 aromatic heterocycles. The number of benzene rings is 2. The van der Waals surface area contributed by atoms with Gasteiger partial charge in [-0.05, 0) is 30.5 Å². The van der Waals surface area contributed by atoms with Crippen molar-refractivity contribution in [3.8, 4) is 11.4 Å². The first-order valence-electron chi connectivity index (χ1n) is 9.44. The Hall–Kier alpha value is -2.64. The molecule has 6 nitrogen and oxygen atoms in total. The Balaban J connectivity index is 1.33. The number of hydrogen-bond acceptors (Lipinski definition) is 6. The van der Waals surface area contributed by atoms with Gasteiger partial charge in [0.1, 0.15) is 5.82 Å². The van der Waals surface area contributed by atoms with Gasteiger partial charge in [-0.15, -0.1) is 10.2 Å². The third kappa shape index (κ3) is 4.21. The molecule has 4 aromatic rings. The van der Waals surface area contributed by atoms with Crippen LogP contribution in [-0.2, 0) is 12.3 Å². The molecule has 2 aromatic carbocycles. The lowest BCUT2D eigenvalue weighted by Gasteiger charge is -2.09. The highest BCUT2D eigenvalue weighted by molar-refractivity contribution is 7.98. The Morgan fingerprint density at radius 2 is 1.93 bits per heavy atom. The van der Waals surface area contributed by atoms with Gasteiger partial charge in [-0.3, -0.25) is 0 Å². The van der Waals surface area contributed by atoms with E-state index in [1.165, 1.54) is 18.4 Å². The highest BCUT2D eigenvalue weighted by Crippen LogP contribution is 2.40. The van der Waals surface area contributed by atoms with E-state index < -0.39 is 0 Å². The maximum Gasteiger partial charge on any atom is 0.237 e. The highest BCUT2D eigenvalue weighted by atomic mass is 35.5. The summed E-state index contributed by atoms with van der Waals surface area (Å²) in [4.78, 5) is 4.49. The van der Waals surface area contributed by atoms with E-state index in [9.17, 15) is 0 Å². The Bertz CT molecular complexity index is 1120. The SMILES string of the molecule is Clc1cccc(-c2noc(CSc3nnc(C4CC4)n3Cc3ccccc3)n2)c1. The summed E-state index contributed by atoms with van der Waals surface area (Å²) < 4.78 is 7.64. The summed E-state index contributed by atoms with van der Waals surface area (Å²) in [6, 6.07) is 17.8. The zero-order valence-electron chi connectivity index (χ0n) is 15.5. The van der Waals surface area contributed by atoms with Crippen molar-refractivity contribution in [1.29, 1.82) is 0 Å². The minimum absolute atomic E-state index is 0.526. The minimum Gasteiger partial charge on any atom is -0.338 e. The van der Waals surface area contributed by atoms with Gasteiger partial charge in [-0.25, -0.2) is 0 Å². The van der Waals surface area contributed by atoms with Crippen LogP contribution in [0.2, 0.25) is 5.02 Å². The molecule has 0 atom stereocenters. The molecule has 1 aliphatic carbocycles. The van der Waals surface area contributed by atoms with Crippen LogP contribution in [0.15, 0.2) is 64.3 Å². The quantitative estimate of drug-likeness (QED) is 0.380. The monoisotopic (exact) mass is 423 g/mol. The van der Waals surface area contributed by atoms with Crippen molar-refractivity contribution in [2.45, 2.75) is 36.2 Å². The number of rotatable bonds is 7. The lowest BCUT2D eigenvalue weighted by molar-refractivity contribution is 0.391. The van der Waals surface area contributed by atoms with E-state index in [0.717, 1.165) is 23.1 Å². The molecule has 0 saturated heterocycles. The van der Waals surface area contributed by atoms with E-state index in [1.807, 2.05) is 30.3 Å². The summed E-state index contributed by atoms with van der Waals surface area (Å²) in [5.74, 6) is 3.21.